The molecular formula is C24H29Cl2FN2O2S. The van der Waals surface area contributed by atoms with Crippen molar-refractivity contribution in [2.45, 2.75) is 58.0 Å². The molecule has 8 heteroatoms. The van der Waals surface area contributed by atoms with Crippen LogP contribution in [0.2, 0.25) is 10.0 Å². The van der Waals surface area contributed by atoms with Crippen LogP contribution >= 0.6 is 35.0 Å². The monoisotopic (exact) mass is 498 g/mol. The summed E-state index contributed by atoms with van der Waals surface area (Å²) in [7, 11) is 0. The van der Waals surface area contributed by atoms with E-state index in [1.807, 2.05) is 39.0 Å². The van der Waals surface area contributed by atoms with Crippen LogP contribution in [0.5, 0.6) is 0 Å². The molecule has 32 heavy (non-hydrogen) atoms. The van der Waals surface area contributed by atoms with E-state index in [1.54, 1.807) is 23.1 Å². The SMILES string of the molecule is CC[C@@H](C)NC(=O)[C@H](CC)N(Cc1ccccc1Cl)C(=O)CSCc1c(F)cccc1Cl. The summed E-state index contributed by atoms with van der Waals surface area (Å²) in [5.41, 5.74) is 1.13. The molecule has 2 amide bonds. The number of carbonyl (C=O) groups excluding carboxylic acids is 2. The van der Waals surface area contributed by atoms with Crippen molar-refractivity contribution in [1.82, 2.24) is 10.2 Å². The van der Waals surface area contributed by atoms with Crippen molar-refractivity contribution >= 4 is 46.8 Å². The third-order valence-corrected chi connectivity index (χ3v) is 6.89. The Hall–Kier alpha value is -1.76. The average molecular weight is 499 g/mol. The van der Waals surface area contributed by atoms with E-state index in [-0.39, 0.29) is 35.9 Å². The second kappa shape index (κ2) is 13.1. The summed E-state index contributed by atoms with van der Waals surface area (Å²) in [6.45, 7) is 6.01. The van der Waals surface area contributed by atoms with E-state index in [4.69, 9.17) is 23.2 Å². The minimum absolute atomic E-state index is 0.00591. The maximum absolute atomic E-state index is 14.0. The number of nitrogens with zero attached hydrogens (tertiary/aromatic N) is 1. The van der Waals surface area contributed by atoms with Crippen LogP contribution in [0.1, 0.15) is 44.7 Å². The van der Waals surface area contributed by atoms with Gasteiger partial charge in [0, 0.05) is 33.9 Å². The number of halogens is 3. The molecule has 0 aliphatic carbocycles. The van der Waals surface area contributed by atoms with Gasteiger partial charge in [-0.15, -0.1) is 11.8 Å². The number of thioether (sulfide) groups is 1. The Balaban J connectivity index is 2.19. The molecule has 0 fully saturated rings. The molecule has 0 spiro atoms. The fourth-order valence-electron chi connectivity index (χ4n) is 3.16. The molecule has 0 aromatic heterocycles. The molecule has 0 unspecified atom stereocenters. The topological polar surface area (TPSA) is 49.4 Å². The molecule has 0 radical (unpaired) electrons. The first-order valence-corrected chi connectivity index (χ1v) is 12.5. The first kappa shape index (κ1) is 26.5. The zero-order valence-corrected chi connectivity index (χ0v) is 20.9. The number of hydrogen-bond donors (Lipinski definition) is 1. The van der Waals surface area contributed by atoms with E-state index in [9.17, 15) is 14.0 Å². The van der Waals surface area contributed by atoms with E-state index >= 15 is 0 Å². The van der Waals surface area contributed by atoms with Crippen LogP contribution in [0.4, 0.5) is 4.39 Å². The highest BCUT2D eigenvalue weighted by atomic mass is 35.5. The molecular weight excluding hydrogens is 470 g/mol. The number of amides is 2. The fraction of sp³-hybridized carbons (Fsp3) is 0.417. The third kappa shape index (κ3) is 7.39. The Kier molecular flexibility index (Phi) is 10.8. The van der Waals surface area contributed by atoms with Crippen molar-refractivity contribution in [2.24, 2.45) is 0 Å². The molecule has 0 heterocycles. The lowest BCUT2D eigenvalue weighted by Gasteiger charge is -2.31. The Morgan fingerprint density at radius 3 is 2.38 bits per heavy atom. The number of benzene rings is 2. The second-order valence-corrected chi connectivity index (χ2v) is 9.35. The number of nitrogens with one attached hydrogen (secondary N) is 1. The van der Waals surface area contributed by atoms with Crippen molar-refractivity contribution in [3.63, 3.8) is 0 Å². The predicted octanol–water partition coefficient (Wildman–Crippen LogP) is 6.09. The van der Waals surface area contributed by atoms with Crippen LogP contribution in [0, 0.1) is 5.82 Å². The van der Waals surface area contributed by atoms with Gasteiger partial charge in [0.15, 0.2) is 0 Å². The molecule has 1 N–H and O–H groups in total. The quantitative estimate of drug-likeness (QED) is 0.407. The van der Waals surface area contributed by atoms with E-state index in [2.05, 4.69) is 5.32 Å². The molecule has 174 valence electrons. The van der Waals surface area contributed by atoms with Crippen molar-refractivity contribution in [1.29, 1.82) is 0 Å². The first-order valence-electron chi connectivity index (χ1n) is 10.6. The molecule has 0 aliphatic heterocycles. The maximum atomic E-state index is 14.0. The molecule has 0 saturated carbocycles. The summed E-state index contributed by atoms with van der Waals surface area (Å²) in [5, 5.41) is 3.84. The van der Waals surface area contributed by atoms with Gasteiger partial charge in [0.1, 0.15) is 11.9 Å². The Labute approximate surface area is 203 Å². The van der Waals surface area contributed by atoms with Gasteiger partial charge in [0.2, 0.25) is 11.8 Å². The Morgan fingerprint density at radius 2 is 1.75 bits per heavy atom. The van der Waals surface area contributed by atoms with Gasteiger partial charge in [-0.3, -0.25) is 9.59 Å². The number of hydrogen-bond acceptors (Lipinski definition) is 3. The molecule has 2 rings (SSSR count). The predicted molar refractivity (Wildman–Crippen MR) is 132 cm³/mol. The van der Waals surface area contributed by atoms with Crippen LogP contribution in [0.25, 0.3) is 0 Å². The molecule has 4 nitrogen and oxygen atoms in total. The zero-order valence-electron chi connectivity index (χ0n) is 18.5. The summed E-state index contributed by atoms with van der Waals surface area (Å²) in [5.74, 6) is -0.461. The summed E-state index contributed by atoms with van der Waals surface area (Å²) in [6.07, 6.45) is 1.25. The van der Waals surface area contributed by atoms with Crippen LogP contribution in [0.15, 0.2) is 42.5 Å². The molecule has 2 atom stereocenters. The Morgan fingerprint density at radius 1 is 1.06 bits per heavy atom. The minimum Gasteiger partial charge on any atom is -0.352 e. The van der Waals surface area contributed by atoms with Gasteiger partial charge in [-0.2, -0.15) is 0 Å². The third-order valence-electron chi connectivity index (χ3n) is 5.22. The summed E-state index contributed by atoms with van der Waals surface area (Å²) < 4.78 is 14.0. The molecule has 2 aromatic carbocycles. The molecule has 2 aromatic rings. The normalized spacial score (nSPS) is 12.8. The summed E-state index contributed by atoms with van der Waals surface area (Å²) in [6, 6.07) is 11.2. The lowest BCUT2D eigenvalue weighted by Crippen LogP contribution is -2.51. The van der Waals surface area contributed by atoms with Crippen LogP contribution in [-0.4, -0.2) is 34.6 Å². The van der Waals surface area contributed by atoms with Gasteiger partial charge < -0.3 is 10.2 Å². The Bertz CT molecular complexity index is 908. The average Bonchev–Trinajstić information content (AvgIpc) is 2.76. The van der Waals surface area contributed by atoms with E-state index < -0.39 is 11.9 Å². The highest BCUT2D eigenvalue weighted by Crippen LogP contribution is 2.25. The summed E-state index contributed by atoms with van der Waals surface area (Å²) >= 11 is 13.7. The van der Waals surface area contributed by atoms with Gasteiger partial charge in [0.25, 0.3) is 0 Å². The lowest BCUT2D eigenvalue weighted by molar-refractivity contribution is -0.139. The summed E-state index contributed by atoms with van der Waals surface area (Å²) in [4.78, 5) is 27.7. The maximum Gasteiger partial charge on any atom is 0.243 e. The van der Waals surface area contributed by atoms with Crippen LogP contribution < -0.4 is 5.32 Å². The number of rotatable bonds is 11. The van der Waals surface area contributed by atoms with E-state index in [0.717, 1.165) is 12.0 Å². The van der Waals surface area contributed by atoms with E-state index in [0.29, 0.717) is 22.0 Å². The van der Waals surface area contributed by atoms with Gasteiger partial charge in [-0.25, -0.2) is 4.39 Å². The zero-order chi connectivity index (χ0) is 23.7. The van der Waals surface area contributed by atoms with Gasteiger partial charge in [-0.05, 0) is 43.5 Å². The highest BCUT2D eigenvalue weighted by molar-refractivity contribution is 7.99. The van der Waals surface area contributed by atoms with Crippen molar-refractivity contribution in [2.75, 3.05) is 5.75 Å². The molecule has 0 saturated heterocycles. The fourth-order valence-corrected chi connectivity index (χ4v) is 4.61. The minimum atomic E-state index is -0.634. The van der Waals surface area contributed by atoms with Gasteiger partial charge >= 0.3 is 0 Å². The van der Waals surface area contributed by atoms with E-state index in [1.165, 1.54) is 17.8 Å². The smallest absolute Gasteiger partial charge is 0.243 e. The van der Waals surface area contributed by atoms with Crippen LogP contribution in [-0.2, 0) is 21.9 Å². The highest BCUT2D eigenvalue weighted by Gasteiger charge is 2.29. The lowest BCUT2D eigenvalue weighted by atomic mass is 10.1. The second-order valence-electron chi connectivity index (χ2n) is 7.55. The van der Waals surface area contributed by atoms with Crippen molar-refractivity contribution in [3.05, 3.63) is 69.5 Å². The molecule has 0 bridgehead atoms. The molecule has 0 aliphatic rings. The van der Waals surface area contributed by atoms with Gasteiger partial charge in [0.05, 0.1) is 5.75 Å². The largest absolute Gasteiger partial charge is 0.352 e. The first-order chi connectivity index (χ1) is 15.3. The number of carbonyl (C=O) groups is 2. The van der Waals surface area contributed by atoms with Crippen molar-refractivity contribution in [3.8, 4) is 0 Å². The van der Waals surface area contributed by atoms with Gasteiger partial charge in [-0.1, -0.05) is 61.3 Å². The van der Waals surface area contributed by atoms with Crippen molar-refractivity contribution < 1.29 is 14.0 Å². The standard InChI is InChI=1S/C24H29Cl2FN2O2S/c1-4-16(3)28-24(31)22(5-2)29(13-17-9-6-7-10-19(17)25)23(30)15-32-14-18-20(26)11-8-12-21(18)27/h6-12,16,22H,4-5,13-15H2,1-3H3,(H,28,31)/t16-,22+/m1/s1. The van der Waals surface area contributed by atoms with Crippen LogP contribution in [0.3, 0.4) is 0 Å².